The molecule has 1 heterocycles. The van der Waals surface area contributed by atoms with Crippen molar-refractivity contribution in [1.29, 1.82) is 0 Å². The minimum Gasteiger partial charge on any atom is -0.497 e. The van der Waals surface area contributed by atoms with Crippen molar-refractivity contribution in [3.05, 3.63) is 42.5 Å². The standard InChI is InChI=1S/C20H26N2O4S/c1-25-18-11-12-20(19(15-18)26-2)27(23,24)21-16-7-9-17(10-8-16)22-13-5-3-4-6-14-22/h7-12,15,21H,3-6,13-14H2,1-2H3. The van der Waals surface area contributed by atoms with Crippen molar-refractivity contribution in [1.82, 2.24) is 0 Å². The summed E-state index contributed by atoms with van der Waals surface area (Å²) in [7, 11) is -0.814. The zero-order valence-electron chi connectivity index (χ0n) is 15.8. The average molecular weight is 391 g/mol. The Morgan fingerprint density at radius 3 is 2.15 bits per heavy atom. The molecule has 146 valence electrons. The molecule has 1 aliphatic rings. The third-order valence-electron chi connectivity index (χ3n) is 4.75. The lowest BCUT2D eigenvalue weighted by atomic mass is 10.2. The Balaban J connectivity index is 1.78. The third-order valence-corrected chi connectivity index (χ3v) is 6.17. The van der Waals surface area contributed by atoms with Gasteiger partial charge in [-0.1, -0.05) is 12.8 Å². The van der Waals surface area contributed by atoms with E-state index in [4.69, 9.17) is 9.47 Å². The molecule has 0 atom stereocenters. The van der Waals surface area contributed by atoms with Crippen LogP contribution in [-0.2, 0) is 10.0 Å². The molecule has 1 fully saturated rings. The Kier molecular flexibility index (Phi) is 6.11. The van der Waals surface area contributed by atoms with Gasteiger partial charge in [0.05, 0.1) is 14.2 Å². The third kappa shape index (κ3) is 4.66. The summed E-state index contributed by atoms with van der Waals surface area (Å²) in [6.45, 7) is 2.10. The minimum absolute atomic E-state index is 0.0717. The highest BCUT2D eigenvalue weighted by Crippen LogP contribution is 2.30. The van der Waals surface area contributed by atoms with E-state index in [0.717, 1.165) is 18.8 Å². The van der Waals surface area contributed by atoms with Gasteiger partial charge < -0.3 is 14.4 Å². The summed E-state index contributed by atoms with van der Waals surface area (Å²) in [6, 6.07) is 12.2. The minimum atomic E-state index is -3.77. The number of methoxy groups -OCH3 is 2. The van der Waals surface area contributed by atoms with Gasteiger partial charge in [0.25, 0.3) is 10.0 Å². The molecule has 1 N–H and O–H groups in total. The van der Waals surface area contributed by atoms with Gasteiger partial charge in [-0.25, -0.2) is 8.42 Å². The Morgan fingerprint density at radius 1 is 0.889 bits per heavy atom. The first-order valence-electron chi connectivity index (χ1n) is 9.13. The first kappa shape index (κ1) is 19.4. The molecule has 0 spiro atoms. The first-order chi connectivity index (χ1) is 13.0. The fourth-order valence-corrected chi connectivity index (χ4v) is 4.49. The summed E-state index contributed by atoms with van der Waals surface area (Å²) >= 11 is 0. The maximum absolute atomic E-state index is 12.8. The van der Waals surface area contributed by atoms with E-state index < -0.39 is 10.0 Å². The SMILES string of the molecule is COc1ccc(S(=O)(=O)Nc2ccc(N3CCCCCC3)cc2)c(OC)c1. The second kappa shape index (κ2) is 8.52. The Hall–Kier alpha value is -2.41. The van der Waals surface area contributed by atoms with Gasteiger partial charge in [-0.15, -0.1) is 0 Å². The monoisotopic (exact) mass is 390 g/mol. The number of benzene rings is 2. The van der Waals surface area contributed by atoms with Crippen LogP contribution < -0.4 is 19.1 Å². The summed E-state index contributed by atoms with van der Waals surface area (Å²) in [5.74, 6) is 0.774. The summed E-state index contributed by atoms with van der Waals surface area (Å²) in [6.07, 6.45) is 4.95. The second-order valence-corrected chi connectivity index (χ2v) is 8.22. The summed E-state index contributed by atoms with van der Waals surface area (Å²) in [5, 5.41) is 0. The number of nitrogens with one attached hydrogen (secondary N) is 1. The summed E-state index contributed by atoms with van der Waals surface area (Å²) in [5.41, 5.74) is 1.65. The number of hydrogen-bond donors (Lipinski definition) is 1. The molecule has 0 bridgehead atoms. The quantitative estimate of drug-likeness (QED) is 0.811. The maximum Gasteiger partial charge on any atom is 0.265 e. The van der Waals surface area contributed by atoms with Crippen LogP contribution in [0.3, 0.4) is 0 Å². The molecule has 1 saturated heterocycles. The maximum atomic E-state index is 12.8. The molecule has 2 aromatic carbocycles. The zero-order chi connectivity index (χ0) is 19.3. The fraction of sp³-hybridized carbons (Fsp3) is 0.400. The molecule has 0 saturated carbocycles. The molecule has 2 aromatic rings. The Bertz CT molecular complexity index is 858. The van der Waals surface area contributed by atoms with E-state index >= 15 is 0 Å². The number of nitrogens with zero attached hydrogens (tertiary/aromatic N) is 1. The van der Waals surface area contributed by atoms with E-state index in [2.05, 4.69) is 9.62 Å². The van der Waals surface area contributed by atoms with Gasteiger partial charge in [0, 0.05) is 30.5 Å². The molecule has 27 heavy (non-hydrogen) atoms. The van der Waals surface area contributed by atoms with E-state index in [0.29, 0.717) is 11.4 Å². The fourth-order valence-electron chi connectivity index (χ4n) is 3.28. The lowest BCUT2D eigenvalue weighted by molar-refractivity contribution is 0.386. The van der Waals surface area contributed by atoms with E-state index in [9.17, 15) is 8.42 Å². The normalized spacial score (nSPS) is 15.1. The lowest BCUT2D eigenvalue weighted by Crippen LogP contribution is -2.23. The molecule has 1 aliphatic heterocycles. The highest BCUT2D eigenvalue weighted by Gasteiger charge is 2.20. The van der Waals surface area contributed by atoms with Crippen molar-refractivity contribution in [2.45, 2.75) is 30.6 Å². The molecule has 0 amide bonds. The number of anilines is 2. The second-order valence-electron chi connectivity index (χ2n) is 6.57. The van der Waals surface area contributed by atoms with Crippen molar-refractivity contribution in [2.75, 3.05) is 36.9 Å². The predicted octanol–water partition coefficient (Wildman–Crippen LogP) is 3.89. The van der Waals surface area contributed by atoms with Crippen LogP contribution in [0.4, 0.5) is 11.4 Å². The van der Waals surface area contributed by atoms with Crippen molar-refractivity contribution in [3.63, 3.8) is 0 Å². The molecular weight excluding hydrogens is 364 g/mol. The van der Waals surface area contributed by atoms with Gasteiger partial charge >= 0.3 is 0 Å². The van der Waals surface area contributed by atoms with Crippen LogP contribution in [0, 0.1) is 0 Å². The molecule has 6 nitrogen and oxygen atoms in total. The van der Waals surface area contributed by atoms with E-state index in [-0.39, 0.29) is 10.6 Å². The van der Waals surface area contributed by atoms with Crippen molar-refractivity contribution < 1.29 is 17.9 Å². The molecule has 0 unspecified atom stereocenters. The highest BCUT2D eigenvalue weighted by atomic mass is 32.2. The molecular formula is C20H26N2O4S. The topological polar surface area (TPSA) is 67.9 Å². The van der Waals surface area contributed by atoms with Gasteiger partial charge in [-0.05, 0) is 49.2 Å². The number of rotatable bonds is 6. The lowest BCUT2D eigenvalue weighted by Gasteiger charge is -2.23. The van der Waals surface area contributed by atoms with Gasteiger partial charge in [0.15, 0.2) is 0 Å². The Labute approximate surface area is 161 Å². The van der Waals surface area contributed by atoms with Gasteiger partial charge in [0.2, 0.25) is 0 Å². The van der Waals surface area contributed by atoms with Crippen molar-refractivity contribution >= 4 is 21.4 Å². The van der Waals surface area contributed by atoms with Crippen LogP contribution in [0.5, 0.6) is 11.5 Å². The molecule has 3 rings (SSSR count). The zero-order valence-corrected chi connectivity index (χ0v) is 16.6. The Morgan fingerprint density at radius 2 is 1.56 bits per heavy atom. The highest BCUT2D eigenvalue weighted by molar-refractivity contribution is 7.92. The van der Waals surface area contributed by atoms with E-state index in [1.807, 2.05) is 12.1 Å². The molecule has 7 heteroatoms. The van der Waals surface area contributed by atoms with Crippen molar-refractivity contribution in [2.24, 2.45) is 0 Å². The number of hydrogen-bond acceptors (Lipinski definition) is 5. The van der Waals surface area contributed by atoms with Crippen LogP contribution in [0.15, 0.2) is 47.4 Å². The van der Waals surface area contributed by atoms with E-state index in [1.54, 1.807) is 24.3 Å². The summed E-state index contributed by atoms with van der Waals surface area (Å²) in [4.78, 5) is 2.43. The van der Waals surface area contributed by atoms with Gasteiger partial charge in [-0.3, -0.25) is 4.72 Å². The molecule has 0 radical (unpaired) electrons. The molecule has 0 aliphatic carbocycles. The first-order valence-corrected chi connectivity index (χ1v) is 10.6. The predicted molar refractivity (Wildman–Crippen MR) is 107 cm³/mol. The largest absolute Gasteiger partial charge is 0.497 e. The van der Waals surface area contributed by atoms with Crippen LogP contribution >= 0.6 is 0 Å². The van der Waals surface area contributed by atoms with Crippen LogP contribution in [0.25, 0.3) is 0 Å². The van der Waals surface area contributed by atoms with Gasteiger partial charge in [0.1, 0.15) is 16.4 Å². The average Bonchev–Trinajstić information content (AvgIpc) is 2.97. The number of ether oxygens (including phenoxy) is 2. The molecule has 0 aromatic heterocycles. The van der Waals surface area contributed by atoms with E-state index in [1.165, 1.54) is 46.0 Å². The van der Waals surface area contributed by atoms with Crippen LogP contribution in [-0.4, -0.2) is 35.7 Å². The summed E-state index contributed by atoms with van der Waals surface area (Å²) < 4.78 is 38.5. The van der Waals surface area contributed by atoms with Crippen LogP contribution in [0.2, 0.25) is 0 Å². The van der Waals surface area contributed by atoms with Crippen LogP contribution in [0.1, 0.15) is 25.7 Å². The number of sulfonamides is 1. The smallest absolute Gasteiger partial charge is 0.265 e. The van der Waals surface area contributed by atoms with Crippen molar-refractivity contribution in [3.8, 4) is 11.5 Å². The van der Waals surface area contributed by atoms with Gasteiger partial charge in [-0.2, -0.15) is 0 Å².